The molecule has 3 heteroatoms. The first kappa shape index (κ1) is 12.9. The number of fused-ring (bicyclic) bond motifs is 1. The zero-order valence-corrected chi connectivity index (χ0v) is 12.0. The largest absolute Gasteiger partial charge is 0.507 e. The second kappa shape index (κ2) is 5.19. The van der Waals surface area contributed by atoms with Crippen molar-refractivity contribution in [1.82, 2.24) is 4.98 Å². The minimum absolute atomic E-state index is 0.175. The molecule has 0 bridgehead atoms. The molecule has 1 heterocycles. The zero-order valence-electron chi connectivity index (χ0n) is 12.0. The Morgan fingerprint density at radius 2 is 2.00 bits per heavy atom. The lowest BCUT2D eigenvalue weighted by molar-refractivity contribution is 0.474. The number of aromatic nitrogens is 1. The highest BCUT2D eigenvalue weighted by Crippen LogP contribution is 2.32. The molecule has 1 aromatic heterocycles. The van der Waals surface area contributed by atoms with Gasteiger partial charge in [0.1, 0.15) is 11.3 Å². The van der Waals surface area contributed by atoms with Gasteiger partial charge in [-0.15, -0.1) is 0 Å². The minimum atomic E-state index is 0.175. The van der Waals surface area contributed by atoms with E-state index in [1.807, 2.05) is 18.2 Å². The van der Waals surface area contributed by atoms with Crippen molar-refractivity contribution in [2.45, 2.75) is 12.8 Å². The third-order valence-corrected chi connectivity index (χ3v) is 3.91. The molecular weight excluding hydrogens is 274 g/mol. The number of hydrogen-bond donors (Lipinski definition) is 1. The van der Waals surface area contributed by atoms with Gasteiger partial charge in [0.25, 0.3) is 0 Å². The van der Waals surface area contributed by atoms with E-state index in [9.17, 15) is 5.11 Å². The van der Waals surface area contributed by atoms with Crippen LogP contribution < -0.4 is 0 Å². The summed E-state index contributed by atoms with van der Waals surface area (Å²) in [5.41, 5.74) is 4.64. The Hall–Kier alpha value is -2.81. The van der Waals surface area contributed by atoms with Crippen molar-refractivity contribution >= 4 is 16.7 Å². The second-order valence-corrected chi connectivity index (χ2v) is 5.38. The smallest absolute Gasteiger partial charge is 0.231 e. The lowest BCUT2D eigenvalue weighted by Gasteiger charge is -2.08. The van der Waals surface area contributed by atoms with Crippen LogP contribution in [0.5, 0.6) is 5.75 Å². The number of nitrogens with zero attached hydrogens (tertiary/aromatic N) is 1. The van der Waals surface area contributed by atoms with Gasteiger partial charge in [0, 0.05) is 0 Å². The number of hydrogen-bond acceptors (Lipinski definition) is 3. The van der Waals surface area contributed by atoms with Crippen LogP contribution in [0.1, 0.15) is 18.4 Å². The molecule has 22 heavy (non-hydrogen) atoms. The summed E-state index contributed by atoms with van der Waals surface area (Å²) in [6.45, 7) is 0. The third-order valence-electron chi connectivity index (χ3n) is 3.91. The molecule has 0 aliphatic heterocycles. The van der Waals surface area contributed by atoms with Crippen LogP contribution >= 0.6 is 0 Å². The summed E-state index contributed by atoms with van der Waals surface area (Å²) in [5, 5.41) is 9.93. The van der Waals surface area contributed by atoms with Crippen molar-refractivity contribution in [3.63, 3.8) is 0 Å². The van der Waals surface area contributed by atoms with E-state index in [-0.39, 0.29) is 5.75 Å². The van der Waals surface area contributed by atoms with Crippen LogP contribution in [-0.2, 0) is 0 Å². The number of phenolic OH excluding ortho intramolecular Hbond substituents is 1. The minimum Gasteiger partial charge on any atom is -0.507 e. The van der Waals surface area contributed by atoms with Gasteiger partial charge in [0.15, 0.2) is 5.58 Å². The Morgan fingerprint density at radius 1 is 1.09 bits per heavy atom. The average molecular weight is 289 g/mol. The van der Waals surface area contributed by atoms with Crippen molar-refractivity contribution in [2.75, 3.05) is 0 Å². The van der Waals surface area contributed by atoms with E-state index in [0.717, 1.165) is 23.9 Å². The molecule has 1 N–H and O–H groups in total. The van der Waals surface area contributed by atoms with E-state index in [1.165, 1.54) is 11.1 Å². The Balaban J connectivity index is 1.80. The van der Waals surface area contributed by atoms with Crippen LogP contribution in [0.2, 0.25) is 0 Å². The SMILES string of the molecule is Oc1ccccc1-c1nc2cc(C3=CC=CCC3)ccc2o1. The van der Waals surface area contributed by atoms with Gasteiger partial charge in [-0.3, -0.25) is 0 Å². The van der Waals surface area contributed by atoms with Crippen LogP contribution in [0.15, 0.2) is 65.1 Å². The maximum absolute atomic E-state index is 9.93. The van der Waals surface area contributed by atoms with Gasteiger partial charge in [-0.05, 0) is 48.2 Å². The number of oxazole rings is 1. The first-order valence-electron chi connectivity index (χ1n) is 7.36. The van der Waals surface area contributed by atoms with Crippen LogP contribution in [0.4, 0.5) is 0 Å². The maximum Gasteiger partial charge on any atom is 0.231 e. The van der Waals surface area contributed by atoms with E-state index >= 15 is 0 Å². The van der Waals surface area contributed by atoms with Crippen molar-refractivity contribution in [3.8, 4) is 17.2 Å². The lowest BCUT2D eigenvalue weighted by atomic mass is 9.97. The van der Waals surface area contributed by atoms with Crippen molar-refractivity contribution in [1.29, 1.82) is 0 Å². The summed E-state index contributed by atoms with van der Waals surface area (Å²) < 4.78 is 5.77. The Morgan fingerprint density at radius 3 is 2.82 bits per heavy atom. The van der Waals surface area contributed by atoms with Crippen LogP contribution in [0.3, 0.4) is 0 Å². The monoisotopic (exact) mass is 289 g/mol. The lowest BCUT2D eigenvalue weighted by Crippen LogP contribution is -1.87. The fraction of sp³-hybridized carbons (Fsp3) is 0.105. The summed E-state index contributed by atoms with van der Waals surface area (Å²) in [6, 6.07) is 13.1. The fourth-order valence-electron chi connectivity index (χ4n) is 2.74. The summed E-state index contributed by atoms with van der Waals surface area (Å²) in [5.74, 6) is 0.622. The Bertz CT molecular complexity index is 903. The van der Waals surface area contributed by atoms with Crippen molar-refractivity contribution in [3.05, 3.63) is 66.3 Å². The van der Waals surface area contributed by atoms with E-state index < -0.39 is 0 Å². The zero-order chi connectivity index (χ0) is 14.9. The van der Waals surface area contributed by atoms with Crippen molar-refractivity contribution < 1.29 is 9.52 Å². The van der Waals surface area contributed by atoms with Crippen LogP contribution in [0, 0.1) is 0 Å². The van der Waals surface area contributed by atoms with Crippen molar-refractivity contribution in [2.24, 2.45) is 0 Å². The Labute approximate surface area is 128 Å². The van der Waals surface area contributed by atoms with E-state index in [0.29, 0.717) is 11.5 Å². The summed E-state index contributed by atoms with van der Waals surface area (Å²) in [6.07, 6.45) is 8.54. The highest BCUT2D eigenvalue weighted by molar-refractivity contribution is 5.82. The van der Waals surface area contributed by atoms with Gasteiger partial charge < -0.3 is 9.52 Å². The molecule has 0 spiro atoms. The number of benzene rings is 2. The van der Waals surface area contributed by atoms with Gasteiger partial charge >= 0.3 is 0 Å². The molecule has 0 fully saturated rings. The summed E-state index contributed by atoms with van der Waals surface area (Å²) >= 11 is 0. The van der Waals surface area contributed by atoms with Gasteiger partial charge in [0.2, 0.25) is 5.89 Å². The summed E-state index contributed by atoms with van der Waals surface area (Å²) in [4.78, 5) is 4.53. The van der Waals surface area contributed by atoms with Gasteiger partial charge in [-0.2, -0.15) is 0 Å². The molecule has 0 radical (unpaired) electrons. The third kappa shape index (κ3) is 2.21. The van der Waals surface area contributed by atoms with Gasteiger partial charge in [-0.1, -0.05) is 36.4 Å². The Kier molecular flexibility index (Phi) is 3.04. The molecule has 3 aromatic rings. The topological polar surface area (TPSA) is 46.3 Å². The molecule has 3 nitrogen and oxygen atoms in total. The number of phenols is 1. The predicted molar refractivity (Wildman–Crippen MR) is 87.5 cm³/mol. The molecule has 0 saturated carbocycles. The van der Waals surface area contributed by atoms with E-state index in [1.54, 1.807) is 18.2 Å². The highest BCUT2D eigenvalue weighted by atomic mass is 16.3. The first-order chi connectivity index (χ1) is 10.8. The van der Waals surface area contributed by atoms with Gasteiger partial charge in [-0.25, -0.2) is 4.98 Å². The molecule has 1 aliphatic carbocycles. The molecule has 1 aliphatic rings. The quantitative estimate of drug-likeness (QED) is 0.727. The molecule has 2 aromatic carbocycles. The number of para-hydroxylation sites is 1. The van der Waals surface area contributed by atoms with Crippen LogP contribution in [0.25, 0.3) is 28.1 Å². The van der Waals surface area contributed by atoms with Crippen LogP contribution in [-0.4, -0.2) is 10.1 Å². The fourth-order valence-corrected chi connectivity index (χ4v) is 2.74. The standard InChI is InChI=1S/C19H15NO2/c21-17-9-5-4-8-15(17)19-20-16-12-14(10-11-18(16)22-19)13-6-2-1-3-7-13/h1-2,4-6,8-12,21H,3,7H2. The molecule has 108 valence electrons. The molecule has 0 saturated heterocycles. The number of aromatic hydroxyl groups is 1. The van der Waals surface area contributed by atoms with E-state index in [2.05, 4.69) is 29.3 Å². The molecular formula is C19H15NO2. The first-order valence-corrected chi connectivity index (χ1v) is 7.36. The highest BCUT2D eigenvalue weighted by Gasteiger charge is 2.13. The maximum atomic E-state index is 9.93. The number of rotatable bonds is 2. The van der Waals surface area contributed by atoms with E-state index in [4.69, 9.17) is 4.42 Å². The average Bonchev–Trinajstić information content (AvgIpc) is 2.99. The van der Waals surface area contributed by atoms with Gasteiger partial charge in [0.05, 0.1) is 5.56 Å². The normalized spacial score (nSPS) is 14.3. The molecule has 0 unspecified atom stereocenters. The summed E-state index contributed by atoms with van der Waals surface area (Å²) in [7, 11) is 0. The molecule has 0 atom stereocenters. The predicted octanol–water partition coefficient (Wildman–Crippen LogP) is 4.93. The molecule has 0 amide bonds. The second-order valence-electron chi connectivity index (χ2n) is 5.38. The molecule has 4 rings (SSSR count). The number of allylic oxidation sites excluding steroid dienone is 4.